The van der Waals surface area contributed by atoms with Crippen molar-refractivity contribution in [2.75, 3.05) is 19.8 Å². The zero-order chi connectivity index (χ0) is 16.9. The molecule has 1 aliphatic heterocycles. The second-order valence-electron chi connectivity index (χ2n) is 5.50. The van der Waals surface area contributed by atoms with Crippen molar-refractivity contribution in [3.63, 3.8) is 0 Å². The fourth-order valence-electron chi connectivity index (χ4n) is 2.56. The maximum Gasteiger partial charge on any atom is 0.387 e. The van der Waals surface area contributed by atoms with E-state index in [2.05, 4.69) is 10.1 Å². The topological polar surface area (TPSA) is 73.6 Å². The lowest BCUT2D eigenvalue weighted by molar-refractivity contribution is -0.132. The van der Waals surface area contributed by atoms with Crippen LogP contribution in [0.1, 0.15) is 18.4 Å². The molecule has 2 rings (SSSR count). The van der Waals surface area contributed by atoms with Crippen molar-refractivity contribution in [2.45, 2.75) is 26.0 Å². The Balaban J connectivity index is 1.92. The second kappa shape index (κ2) is 7.90. The first-order valence-corrected chi connectivity index (χ1v) is 7.62. The molecule has 1 aromatic carbocycles. The van der Waals surface area contributed by atoms with Crippen LogP contribution < -0.4 is 15.8 Å². The number of hydrogen-bond donors (Lipinski definition) is 2. The van der Waals surface area contributed by atoms with Crippen molar-refractivity contribution in [1.82, 2.24) is 5.32 Å². The maximum absolute atomic E-state index is 12.2. The highest BCUT2D eigenvalue weighted by Crippen LogP contribution is 2.30. The summed E-state index contributed by atoms with van der Waals surface area (Å²) in [5.41, 5.74) is 5.71. The Morgan fingerprint density at radius 2 is 2.13 bits per heavy atom. The van der Waals surface area contributed by atoms with Gasteiger partial charge in [-0.05, 0) is 30.5 Å². The zero-order valence-corrected chi connectivity index (χ0v) is 13.2. The first-order valence-electron chi connectivity index (χ1n) is 7.24. The fourth-order valence-corrected chi connectivity index (χ4v) is 2.81. The van der Waals surface area contributed by atoms with Crippen LogP contribution in [0.5, 0.6) is 5.75 Å². The van der Waals surface area contributed by atoms with Gasteiger partial charge in [-0.25, -0.2) is 0 Å². The number of ether oxygens (including phenoxy) is 2. The summed E-state index contributed by atoms with van der Waals surface area (Å²) in [6.45, 7) is -1.03. The molecule has 1 saturated heterocycles. The van der Waals surface area contributed by atoms with Gasteiger partial charge in [-0.2, -0.15) is 8.78 Å². The molecule has 0 bridgehead atoms. The molecule has 0 atom stereocenters. The van der Waals surface area contributed by atoms with Gasteiger partial charge in [-0.15, -0.1) is 0 Å². The summed E-state index contributed by atoms with van der Waals surface area (Å²) in [6, 6.07) is 4.58. The number of halogens is 3. The van der Waals surface area contributed by atoms with Crippen LogP contribution in [0.15, 0.2) is 18.2 Å². The summed E-state index contributed by atoms with van der Waals surface area (Å²) in [6.07, 6.45) is 1.16. The van der Waals surface area contributed by atoms with E-state index in [1.165, 1.54) is 6.07 Å². The van der Waals surface area contributed by atoms with Gasteiger partial charge in [0.2, 0.25) is 5.91 Å². The molecule has 0 aliphatic carbocycles. The van der Waals surface area contributed by atoms with Gasteiger partial charge in [-0.3, -0.25) is 4.79 Å². The van der Waals surface area contributed by atoms with Gasteiger partial charge in [0.25, 0.3) is 0 Å². The normalized spacial score (nSPS) is 17.2. The number of benzene rings is 1. The minimum Gasteiger partial charge on any atom is -0.433 e. The van der Waals surface area contributed by atoms with Crippen molar-refractivity contribution < 1.29 is 23.0 Å². The van der Waals surface area contributed by atoms with Crippen LogP contribution in [0, 0.1) is 5.41 Å². The Hall–Kier alpha value is -1.44. The van der Waals surface area contributed by atoms with Gasteiger partial charge in [0.1, 0.15) is 5.75 Å². The van der Waals surface area contributed by atoms with Crippen molar-refractivity contribution in [3.05, 3.63) is 28.8 Å². The summed E-state index contributed by atoms with van der Waals surface area (Å²) in [4.78, 5) is 11.7. The number of carbonyl (C=O) groups excluding carboxylic acids is 1. The third-order valence-electron chi connectivity index (χ3n) is 3.98. The molecule has 8 heteroatoms. The van der Waals surface area contributed by atoms with E-state index in [4.69, 9.17) is 22.1 Å². The predicted octanol–water partition coefficient (Wildman–Crippen LogP) is 2.31. The summed E-state index contributed by atoms with van der Waals surface area (Å²) in [5, 5.41) is 3.29. The third kappa shape index (κ3) is 4.76. The van der Waals surface area contributed by atoms with Crippen molar-refractivity contribution in [2.24, 2.45) is 11.1 Å². The van der Waals surface area contributed by atoms with Crippen molar-refractivity contribution >= 4 is 17.5 Å². The van der Waals surface area contributed by atoms with Crippen LogP contribution in [-0.2, 0) is 16.1 Å². The monoisotopic (exact) mass is 348 g/mol. The standard InChI is InChI=1S/C15H19ClF2N2O3/c16-11-7-10(1-2-12(11)23-14(17)18)8-20-9-15(13(19)21)3-5-22-6-4-15/h1-2,7,14,20H,3-6,8-9H2,(H2,19,21). The molecule has 1 fully saturated rings. The minimum absolute atomic E-state index is 0.0662. The van der Waals surface area contributed by atoms with Crippen LogP contribution in [-0.4, -0.2) is 32.3 Å². The maximum atomic E-state index is 12.2. The predicted molar refractivity (Wildman–Crippen MR) is 81.5 cm³/mol. The highest BCUT2D eigenvalue weighted by molar-refractivity contribution is 6.32. The number of nitrogens with one attached hydrogen (secondary N) is 1. The molecule has 1 amide bonds. The molecule has 128 valence electrons. The van der Waals surface area contributed by atoms with Crippen LogP contribution >= 0.6 is 11.6 Å². The molecule has 0 saturated carbocycles. The Labute approximate surface area is 138 Å². The number of rotatable bonds is 7. The van der Waals surface area contributed by atoms with E-state index in [-0.39, 0.29) is 16.7 Å². The average Bonchev–Trinajstić information content (AvgIpc) is 2.50. The number of primary amides is 1. The molecule has 0 unspecified atom stereocenters. The van der Waals surface area contributed by atoms with Gasteiger partial charge < -0.3 is 20.5 Å². The van der Waals surface area contributed by atoms with Crippen LogP contribution in [0.25, 0.3) is 0 Å². The average molecular weight is 349 g/mol. The van der Waals surface area contributed by atoms with Gasteiger partial charge in [-0.1, -0.05) is 17.7 Å². The summed E-state index contributed by atoms with van der Waals surface area (Å²) in [5.74, 6) is -0.407. The number of hydrogen-bond acceptors (Lipinski definition) is 4. The number of amides is 1. The molecule has 0 spiro atoms. The van der Waals surface area contributed by atoms with Crippen LogP contribution in [0.4, 0.5) is 8.78 Å². The second-order valence-corrected chi connectivity index (χ2v) is 5.91. The SMILES string of the molecule is NC(=O)C1(CNCc2ccc(OC(F)F)c(Cl)c2)CCOCC1. The molecule has 1 aliphatic rings. The minimum atomic E-state index is -2.92. The highest BCUT2D eigenvalue weighted by atomic mass is 35.5. The van der Waals surface area contributed by atoms with Crippen LogP contribution in [0.3, 0.4) is 0 Å². The van der Waals surface area contributed by atoms with Gasteiger partial charge in [0.15, 0.2) is 0 Å². The van der Waals surface area contributed by atoms with Crippen molar-refractivity contribution in [1.29, 1.82) is 0 Å². The lowest BCUT2D eigenvalue weighted by atomic mass is 9.79. The summed E-state index contributed by atoms with van der Waals surface area (Å²) < 4.78 is 33.9. The Morgan fingerprint density at radius 1 is 1.43 bits per heavy atom. The highest BCUT2D eigenvalue weighted by Gasteiger charge is 2.37. The quantitative estimate of drug-likeness (QED) is 0.793. The summed E-state index contributed by atoms with van der Waals surface area (Å²) >= 11 is 5.90. The number of nitrogens with two attached hydrogens (primary N) is 1. The summed E-state index contributed by atoms with van der Waals surface area (Å²) in [7, 11) is 0. The first kappa shape index (κ1) is 17.9. The zero-order valence-electron chi connectivity index (χ0n) is 12.5. The largest absolute Gasteiger partial charge is 0.433 e. The smallest absolute Gasteiger partial charge is 0.387 e. The third-order valence-corrected chi connectivity index (χ3v) is 4.27. The van der Waals surface area contributed by atoms with E-state index in [0.29, 0.717) is 39.1 Å². The molecule has 0 radical (unpaired) electrons. The Morgan fingerprint density at radius 3 is 2.70 bits per heavy atom. The molecule has 23 heavy (non-hydrogen) atoms. The van der Waals surface area contributed by atoms with E-state index < -0.39 is 12.0 Å². The van der Waals surface area contributed by atoms with Gasteiger partial charge in [0, 0.05) is 26.3 Å². The molecule has 3 N–H and O–H groups in total. The molecule has 1 heterocycles. The van der Waals surface area contributed by atoms with E-state index in [9.17, 15) is 13.6 Å². The van der Waals surface area contributed by atoms with Crippen molar-refractivity contribution in [3.8, 4) is 5.75 Å². The van der Waals surface area contributed by atoms with E-state index in [0.717, 1.165) is 5.56 Å². The van der Waals surface area contributed by atoms with E-state index >= 15 is 0 Å². The molecule has 5 nitrogen and oxygen atoms in total. The Bertz CT molecular complexity index is 552. The molecular formula is C15H19ClF2N2O3. The first-order chi connectivity index (χ1) is 10.9. The van der Waals surface area contributed by atoms with E-state index in [1.807, 2.05) is 0 Å². The van der Waals surface area contributed by atoms with E-state index in [1.54, 1.807) is 12.1 Å². The fraction of sp³-hybridized carbons (Fsp3) is 0.533. The van der Waals surface area contributed by atoms with Gasteiger partial charge in [0.05, 0.1) is 10.4 Å². The molecule has 0 aromatic heterocycles. The van der Waals surface area contributed by atoms with Crippen LogP contribution in [0.2, 0.25) is 5.02 Å². The van der Waals surface area contributed by atoms with Gasteiger partial charge >= 0.3 is 6.61 Å². The number of carbonyl (C=O) groups is 1. The molecular weight excluding hydrogens is 330 g/mol. The Kier molecular flexibility index (Phi) is 6.15. The molecule has 1 aromatic rings. The number of alkyl halides is 2. The lowest BCUT2D eigenvalue weighted by Gasteiger charge is -2.34. The lowest BCUT2D eigenvalue weighted by Crippen LogP contribution is -2.48.